The van der Waals surface area contributed by atoms with Gasteiger partial charge in [-0.2, -0.15) is 0 Å². The zero-order valence-electron chi connectivity index (χ0n) is 39.9. The summed E-state index contributed by atoms with van der Waals surface area (Å²) in [5, 5.41) is 23.0. The van der Waals surface area contributed by atoms with Crippen LogP contribution in [0.2, 0.25) is 52.9 Å². The van der Waals surface area contributed by atoms with Crippen LogP contribution in [-0.2, 0) is 29.4 Å². The fraction of sp³-hybridized carbons (Fsp3) is 0.844. The molecule has 1 aromatic carbocycles. The van der Waals surface area contributed by atoms with Crippen LogP contribution in [0.3, 0.4) is 0 Å². The summed E-state index contributed by atoms with van der Waals surface area (Å²) in [6.45, 7) is 45.4. The van der Waals surface area contributed by atoms with E-state index in [0.29, 0.717) is 42.7 Å². The molecule has 56 heavy (non-hydrogen) atoms. The summed E-state index contributed by atoms with van der Waals surface area (Å²) in [6.07, 6.45) is -2.57. The number of carbonyl (C=O) groups excluding carboxylic acids is 1. The van der Waals surface area contributed by atoms with Crippen LogP contribution in [-0.4, -0.2) is 84.7 Å². The number of aliphatic hydroxyl groups is 2. The molecule has 0 aliphatic heterocycles. The zero-order valence-corrected chi connectivity index (χ0v) is 42.9. The van der Waals surface area contributed by atoms with Crippen LogP contribution in [0, 0.1) is 11.8 Å². The summed E-state index contributed by atoms with van der Waals surface area (Å²) in [7, 11) is -5.25. The van der Waals surface area contributed by atoms with Crippen molar-refractivity contribution in [3.05, 3.63) is 29.8 Å². The topological polar surface area (TPSA) is 104 Å². The molecular formula is C45H88O8Si3. The maximum absolute atomic E-state index is 14.2. The Hall–Kier alpha value is -0.899. The Balaban J connectivity index is 3.53. The van der Waals surface area contributed by atoms with Gasteiger partial charge in [0.1, 0.15) is 11.9 Å². The number of ether oxygens (including phenoxy) is 2. The lowest BCUT2D eigenvalue weighted by Crippen LogP contribution is -2.56. The van der Waals surface area contributed by atoms with Gasteiger partial charge in [-0.15, -0.1) is 0 Å². The second kappa shape index (κ2) is 21.1. The molecule has 0 aliphatic carbocycles. The quantitative estimate of drug-likeness (QED) is 0.0992. The molecule has 0 aromatic heterocycles. The van der Waals surface area contributed by atoms with Gasteiger partial charge in [0, 0.05) is 25.4 Å². The van der Waals surface area contributed by atoms with Gasteiger partial charge >= 0.3 is 0 Å². The predicted molar refractivity (Wildman–Crippen MR) is 242 cm³/mol. The molecule has 0 unspecified atom stereocenters. The van der Waals surface area contributed by atoms with Crippen LogP contribution < -0.4 is 4.74 Å². The number of methoxy groups -OCH3 is 1. The Morgan fingerprint density at radius 2 is 1.23 bits per heavy atom. The molecule has 0 bridgehead atoms. The summed E-state index contributed by atoms with van der Waals surface area (Å²) in [6, 6.07) is 7.72. The molecule has 0 spiro atoms. The van der Waals surface area contributed by atoms with Crippen molar-refractivity contribution in [1.29, 1.82) is 0 Å². The normalized spacial score (nSPS) is 18.1. The first kappa shape index (κ1) is 53.1. The molecule has 328 valence electrons. The number of aliphatic hydroxyl groups excluding tert-OH is 2. The van der Waals surface area contributed by atoms with Gasteiger partial charge in [-0.3, -0.25) is 4.79 Å². The van der Waals surface area contributed by atoms with E-state index in [2.05, 4.69) is 123 Å². The highest BCUT2D eigenvalue weighted by Crippen LogP contribution is 2.47. The van der Waals surface area contributed by atoms with Gasteiger partial charge in [0.2, 0.25) is 8.32 Å². The maximum Gasteiger partial charge on any atom is 0.200 e. The Kier molecular flexibility index (Phi) is 20.0. The van der Waals surface area contributed by atoms with Gasteiger partial charge in [-0.25, -0.2) is 0 Å². The summed E-state index contributed by atoms with van der Waals surface area (Å²) in [5.41, 5.74) is 1.21. The standard InChI is InChI=1S/C45H88O8Si3/c1-31(2)56(32(3)4,33(5)6)52-39(28-45(16,53-55(20,21)44(13,14)15)35(8)29-51-54(18,19)43(10,11)12)27-40(46)42(48)41(47)34(7)26-36(9)50-30-37-22-24-38(49-17)25-23-37/h22-25,31-36,39,41-42,47-48H,26-30H2,1-21H3/t34-,35+,36+,39-,41+,42+,45-/m1/s1. The van der Waals surface area contributed by atoms with Crippen molar-refractivity contribution in [2.24, 2.45) is 11.8 Å². The number of Topliss-reactive ketones (excluding diaryl/α,β-unsaturated/α-hetero) is 1. The lowest BCUT2D eigenvalue weighted by atomic mass is 9.84. The van der Waals surface area contributed by atoms with E-state index < -0.39 is 54.6 Å². The fourth-order valence-corrected chi connectivity index (χ4v) is 16.1. The summed E-state index contributed by atoms with van der Waals surface area (Å²) < 4.78 is 33.1. The number of hydrogen-bond donors (Lipinski definition) is 2. The monoisotopic (exact) mass is 841 g/mol. The van der Waals surface area contributed by atoms with Gasteiger partial charge in [-0.05, 0) is 96.8 Å². The first-order chi connectivity index (χ1) is 25.3. The summed E-state index contributed by atoms with van der Waals surface area (Å²) in [4.78, 5) is 14.2. The average molecular weight is 841 g/mol. The number of hydrogen-bond acceptors (Lipinski definition) is 8. The van der Waals surface area contributed by atoms with Crippen LogP contribution in [0.5, 0.6) is 5.75 Å². The highest BCUT2D eigenvalue weighted by molar-refractivity contribution is 6.77. The van der Waals surface area contributed by atoms with E-state index in [-0.39, 0.29) is 34.4 Å². The van der Waals surface area contributed by atoms with E-state index in [1.54, 1.807) is 7.11 Å². The smallest absolute Gasteiger partial charge is 0.200 e. The van der Waals surface area contributed by atoms with Crippen molar-refractivity contribution in [1.82, 2.24) is 0 Å². The van der Waals surface area contributed by atoms with E-state index in [9.17, 15) is 15.0 Å². The van der Waals surface area contributed by atoms with Crippen molar-refractivity contribution in [3.63, 3.8) is 0 Å². The van der Waals surface area contributed by atoms with Crippen molar-refractivity contribution in [2.75, 3.05) is 13.7 Å². The summed E-state index contributed by atoms with van der Waals surface area (Å²) in [5.74, 6) is -0.00183. The molecule has 0 saturated carbocycles. The van der Waals surface area contributed by atoms with Gasteiger partial charge in [-0.1, -0.05) is 109 Å². The minimum absolute atomic E-state index is 0.00453. The Labute approximate surface area is 347 Å². The largest absolute Gasteiger partial charge is 0.497 e. The lowest BCUT2D eigenvalue weighted by molar-refractivity contribution is -0.138. The van der Waals surface area contributed by atoms with E-state index in [4.69, 9.17) is 22.8 Å². The molecule has 11 heteroatoms. The van der Waals surface area contributed by atoms with E-state index >= 15 is 0 Å². The molecule has 1 rings (SSSR count). The van der Waals surface area contributed by atoms with Crippen molar-refractivity contribution < 1.29 is 37.8 Å². The molecule has 0 radical (unpaired) electrons. The second-order valence-electron chi connectivity index (χ2n) is 21.2. The molecule has 0 saturated heterocycles. The van der Waals surface area contributed by atoms with Crippen LogP contribution in [0.25, 0.3) is 0 Å². The van der Waals surface area contributed by atoms with Gasteiger partial charge in [0.05, 0.1) is 37.6 Å². The first-order valence-electron chi connectivity index (χ1n) is 21.4. The number of rotatable bonds is 24. The Bertz CT molecular complexity index is 1300. The van der Waals surface area contributed by atoms with Crippen LogP contribution in [0.15, 0.2) is 24.3 Å². The Morgan fingerprint density at radius 3 is 1.66 bits per heavy atom. The molecule has 7 atom stereocenters. The third kappa shape index (κ3) is 14.4. The van der Waals surface area contributed by atoms with Crippen LogP contribution >= 0.6 is 0 Å². The fourth-order valence-electron chi connectivity index (χ4n) is 7.65. The molecule has 2 N–H and O–H groups in total. The third-order valence-corrected chi connectivity index (χ3v) is 28.9. The van der Waals surface area contributed by atoms with Crippen molar-refractivity contribution >= 4 is 30.7 Å². The number of ketones is 1. The minimum atomic E-state index is -2.50. The minimum Gasteiger partial charge on any atom is -0.497 e. The van der Waals surface area contributed by atoms with Gasteiger partial charge < -0.3 is 33.0 Å². The molecular weight excluding hydrogens is 753 g/mol. The molecule has 1 aromatic rings. The van der Waals surface area contributed by atoms with E-state index in [1.165, 1.54) is 0 Å². The number of benzene rings is 1. The summed E-state index contributed by atoms with van der Waals surface area (Å²) >= 11 is 0. The molecule has 0 amide bonds. The molecule has 0 fully saturated rings. The maximum atomic E-state index is 14.2. The highest BCUT2D eigenvalue weighted by Gasteiger charge is 2.51. The Morgan fingerprint density at radius 1 is 0.750 bits per heavy atom. The average Bonchev–Trinajstić information content (AvgIpc) is 3.06. The zero-order chi connectivity index (χ0) is 43.8. The van der Waals surface area contributed by atoms with Crippen LogP contribution in [0.1, 0.15) is 136 Å². The van der Waals surface area contributed by atoms with Gasteiger partial charge in [0.15, 0.2) is 22.4 Å². The number of carbonyl (C=O) groups is 1. The lowest BCUT2D eigenvalue weighted by Gasteiger charge is -2.50. The van der Waals surface area contributed by atoms with E-state index in [0.717, 1.165) is 11.3 Å². The highest BCUT2D eigenvalue weighted by atomic mass is 28.4. The third-order valence-electron chi connectivity index (χ3n) is 13.6. The van der Waals surface area contributed by atoms with Crippen molar-refractivity contribution in [2.45, 2.75) is 220 Å². The van der Waals surface area contributed by atoms with E-state index in [1.807, 2.05) is 38.1 Å². The molecule has 0 aliphatic rings. The van der Waals surface area contributed by atoms with Crippen LogP contribution in [0.4, 0.5) is 0 Å². The molecule has 0 heterocycles. The first-order valence-corrected chi connectivity index (χ1v) is 29.4. The van der Waals surface area contributed by atoms with Gasteiger partial charge in [0.25, 0.3) is 0 Å². The predicted octanol–water partition coefficient (Wildman–Crippen LogP) is 11.7. The SMILES string of the molecule is COc1ccc(CO[C@@H](C)C[C@@H](C)[C@H](O)[C@@H](O)C(=O)C[C@H](C[C@@](C)(O[Si](C)(C)C(C)(C)C)[C@@H](C)CO[Si](C)(C)C(C)(C)C)O[Si](C(C)C)(C(C)C)C(C)C)cc1. The second-order valence-corrected chi connectivity index (χ2v) is 36.1. The molecule has 8 nitrogen and oxygen atoms in total. The van der Waals surface area contributed by atoms with Crippen molar-refractivity contribution in [3.8, 4) is 5.75 Å².